The first-order chi connectivity index (χ1) is 15.5. The summed E-state index contributed by atoms with van der Waals surface area (Å²) in [6.45, 7) is 1.69. The largest absolute Gasteiger partial charge is 0.381 e. The number of hydrogen-bond acceptors (Lipinski definition) is 5. The molecule has 3 atom stereocenters. The molecule has 8 heteroatoms. The first-order valence-electron chi connectivity index (χ1n) is 12.3. The van der Waals surface area contributed by atoms with Gasteiger partial charge in [0.2, 0.25) is 11.8 Å². The number of hydrogen-bond donors (Lipinski definition) is 1. The van der Waals surface area contributed by atoms with Crippen LogP contribution in [0.3, 0.4) is 0 Å². The Morgan fingerprint density at radius 1 is 1.00 bits per heavy atom. The quantitative estimate of drug-likeness (QED) is 0.772. The predicted molar refractivity (Wildman–Crippen MR) is 118 cm³/mol. The van der Waals surface area contributed by atoms with Gasteiger partial charge in [-0.2, -0.15) is 0 Å². The zero-order chi connectivity index (χ0) is 22.2. The van der Waals surface area contributed by atoms with E-state index in [4.69, 9.17) is 9.72 Å². The summed E-state index contributed by atoms with van der Waals surface area (Å²) < 4.78 is 5.54. The van der Waals surface area contributed by atoms with Gasteiger partial charge in [-0.1, -0.05) is 6.42 Å². The number of H-pyrrole nitrogens is 1. The molecule has 2 amide bonds. The van der Waals surface area contributed by atoms with Crippen LogP contribution in [0.1, 0.15) is 80.9 Å². The van der Waals surface area contributed by atoms with Gasteiger partial charge in [-0.05, 0) is 57.8 Å². The summed E-state index contributed by atoms with van der Waals surface area (Å²) in [6.07, 6.45) is 9.11. The van der Waals surface area contributed by atoms with Crippen LogP contribution in [0.5, 0.6) is 0 Å². The second-order valence-electron chi connectivity index (χ2n) is 9.92. The van der Waals surface area contributed by atoms with Crippen LogP contribution in [0, 0.1) is 11.8 Å². The molecule has 0 spiro atoms. The minimum absolute atomic E-state index is 0.0229. The standard InChI is InChI=1S/C24H34N4O4/c1-32-17-6-4-5-16(13-17)24(31)28-11-3-2-7-20(28)21-25-19-14-27(23(30)15-8-9-15)12-10-18(19)22(29)26-21/h15-17,20H,2-14H2,1H3,(H,25,26,29)/t16-,17+,20+/m0/s1. The number of carbonyl (C=O) groups excluding carboxylic acids is 2. The van der Waals surface area contributed by atoms with Crippen molar-refractivity contribution in [2.45, 2.75) is 82.9 Å². The first kappa shape index (κ1) is 21.6. The molecule has 1 aromatic rings. The average Bonchev–Trinajstić information content (AvgIpc) is 3.68. The van der Waals surface area contributed by atoms with Gasteiger partial charge in [0.15, 0.2) is 0 Å². The summed E-state index contributed by atoms with van der Waals surface area (Å²) in [6, 6.07) is -0.202. The maximum atomic E-state index is 13.5. The van der Waals surface area contributed by atoms with Crippen molar-refractivity contribution < 1.29 is 14.3 Å². The molecule has 32 heavy (non-hydrogen) atoms. The smallest absolute Gasteiger partial charge is 0.254 e. The zero-order valence-electron chi connectivity index (χ0n) is 19.0. The summed E-state index contributed by atoms with van der Waals surface area (Å²) in [5.74, 6) is 1.09. The molecule has 8 nitrogen and oxygen atoms in total. The molecule has 174 valence electrons. The Kier molecular flexibility index (Phi) is 6.05. The average molecular weight is 443 g/mol. The molecule has 0 aromatic carbocycles. The summed E-state index contributed by atoms with van der Waals surface area (Å²) in [7, 11) is 1.72. The van der Waals surface area contributed by atoms with Crippen LogP contribution in [0.15, 0.2) is 4.79 Å². The SMILES string of the molecule is CO[C@@H]1CCC[C@H](C(=O)N2CCCC[C@@H]2c2nc3c(c(=O)[nH]2)CCN(C(=O)C2CC2)C3)C1. The minimum atomic E-state index is -0.202. The molecule has 4 aliphatic rings. The number of aromatic amines is 1. The van der Waals surface area contributed by atoms with Gasteiger partial charge in [-0.15, -0.1) is 0 Å². The van der Waals surface area contributed by atoms with Crippen LogP contribution >= 0.6 is 0 Å². The van der Waals surface area contributed by atoms with Crippen molar-refractivity contribution >= 4 is 11.8 Å². The van der Waals surface area contributed by atoms with Crippen LogP contribution in [0.25, 0.3) is 0 Å². The second-order valence-corrected chi connectivity index (χ2v) is 9.92. The monoisotopic (exact) mass is 442 g/mol. The second kappa shape index (κ2) is 8.96. The Hall–Kier alpha value is -2.22. The lowest BCUT2D eigenvalue weighted by molar-refractivity contribution is -0.142. The van der Waals surface area contributed by atoms with E-state index in [0.717, 1.165) is 57.8 Å². The van der Waals surface area contributed by atoms with Gasteiger partial charge in [0, 0.05) is 37.6 Å². The highest BCUT2D eigenvalue weighted by molar-refractivity contribution is 5.81. The highest BCUT2D eigenvalue weighted by Gasteiger charge is 2.38. The minimum Gasteiger partial charge on any atom is -0.381 e. The molecule has 2 saturated carbocycles. The van der Waals surface area contributed by atoms with Crippen molar-refractivity contribution in [3.63, 3.8) is 0 Å². The number of rotatable bonds is 4. The number of aromatic nitrogens is 2. The molecule has 0 unspecified atom stereocenters. The van der Waals surface area contributed by atoms with Crippen LogP contribution in [-0.4, -0.2) is 57.9 Å². The third-order valence-electron chi connectivity index (χ3n) is 7.74. The van der Waals surface area contributed by atoms with E-state index in [9.17, 15) is 14.4 Å². The number of nitrogens with zero attached hydrogens (tertiary/aromatic N) is 3. The fourth-order valence-electron chi connectivity index (χ4n) is 5.69. The molecular weight excluding hydrogens is 408 g/mol. The van der Waals surface area contributed by atoms with E-state index < -0.39 is 0 Å². The van der Waals surface area contributed by atoms with Crippen molar-refractivity contribution in [1.29, 1.82) is 0 Å². The summed E-state index contributed by atoms with van der Waals surface area (Å²) in [5, 5.41) is 0. The van der Waals surface area contributed by atoms with Crippen LogP contribution in [0.2, 0.25) is 0 Å². The Labute approximate surface area is 188 Å². The van der Waals surface area contributed by atoms with Gasteiger partial charge in [0.1, 0.15) is 5.82 Å². The Morgan fingerprint density at radius 3 is 2.62 bits per heavy atom. The molecule has 0 radical (unpaired) electrons. The first-order valence-corrected chi connectivity index (χ1v) is 12.3. The molecule has 2 aliphatic carbocycles. The maximum absolute atomic E-state index is 13.5. The van der Waals surface area contributed by atoms with Gasteiger partial charge in [-0.25, -0.2) is 4.98 Å². The van der Waals surface area contributed by atoms with Crippen molar-refractivity contribution in [2.24, 2.45) is 11.8 Å². The Balaban J connectivity index is 1.38. The number of amides is 2. The number of ether oxygens (including phenoxy) is 1. The zero-order valence-corrected chi connectivity index (χ0v) is 19.0. The van der Waals surface area contributed by atoms with E-state index in [1.54, 1.807) is 7.11 Å². The highest BCUT2D eigenvalue weighted by Crippen LogP contribution is 2.35. The van der Waals surface area contributed by atoms with E-state index in [0.29, 0.717) is 43.1 Å². The van der Waals surface area contributed by atoms with Crippen molar-refractivity contribution in [3.8, 4) is 0 Å². The maximum Gasteiger partial charge on any atom is 0.254 e. The summed E-state index contributed by atoms with van der Waals surface area (Å²) in [5.41, 5.74) is 1.29. The number of carbonyl (C=O) groups is 2. The number of likely N-dealkylation sites (tertiary alicyclic amines) is 1. The van der Waals surface area contributed by atoms with Gasteiger partial charge in [0.25, 0.3) is 5.56 Å². The van der Waals surface area contributed by atoms with E-state index in [-0.39, 0.29) is 41.4 Å². The van der Waals surface area contributed by atoms with Gasteiger partial charge in [-0.3, -0.25) is 14.4 Å². The topological polar surface area (TPSA) is 95.6 Å². The molecular formula is C24H34N4O4. The lowest BCUT2D eigenvalue weighted by atomic mass is 9.85. The molecule has 1 aromatic heterocycles. The molecule has 1 N–H and O–H groups in total. The van der Waals surface area contributed by atoms with Crippen LogP contribution in [-0.2, 0) is 27.3 Å². The fraction of sp³-hybridized carbons (Fsp3) is 0.750. The van der Waals surface area contributed by atoms with Gasteiger partial charge < -0.3 is 19.5 Å². The molecule has 3 fully saturated rings. The van der Waals surface area contributed by atoms with Crippen molar-refractivity contribution in [1.82, 2.24) is 19.8 Å². The lowest BCUT2D eigenvalue weighted by Crippen LogP contribution is -2.45. The van der Waals surface area contributed by atoms with Gasteiger partial charge >= 0.3 is 0 Å². The highest BCUT2D eigenvalue weighted by atomic mass is 16.5. The van der Waals surface area contributed by atoms with Crippen LogP contribution < -0.4 is 5.56 Å². The van der Waals surface area contributed by atoms with E-state index in [1.165, 1.54) is 0 Å². The number of methoxy groups -OCH3 is 1. The summed E-state index contributed by atoms with van der Waals surface area (Å²) >= 11 is 0. The number of fused-ring (bicyclic) bond motifs is 1. The lowest BCUT2D eigenvalue weighted by Gasteiger charge is -2.39. The predicted octanol–water partition coefficient (Wildman–Crippen LogP) is 2.32. The van der Waals surface area contributed by atoms with Crippen molar-refractivity contribution in [3.05, 3.63) is 27.4 Å². The van der Waals surface area contributed by atoms with Crippen molar-refractivity contribution in [2.75, 3.05) is 20.2 Å². The molecule has 1 saturated heterocycles. The van der Waals surface area contributed by atoms with Gasteiger partial charge in [0.05, 0.1) is 24.4 Å². The Morgan fingerprint density at radius 2 is 1.84 bits per heavy atom. The van der Waals surface area contributed by atoms with E-state index in [2.05, 4.69) is 4.98 Å². The number of piperidine rings is 1. The van der Waals surface area contributed by atoms with E-state index >= 15 is 0 Å². The number of nitrogens with one attached hydrogen (secondary N) is 1. The fourth-order valence-corrected chi connectivity index (χ4v) is 5.69. The van der Waals surface area contributed by atoms with Crippen LogP contribution in [0.4, 0.5) is 0 Å². The van der Waals surface area contributed by atoms with E-state index in [1.807, 2.05) is 9.80 Å². The molecule has 3 heterocycles. The Bertz CT molecular complexity index is 940. The third-order valence-corrected chi connectivity index (χ3v) is 7.74. The normalized spacial score (nSPS) is 28.3. The summed E-state index contributed by atoms with van der Waals surface area (Å²) in [4.78, 5) is 50.6. The molecule has 5 rings (SSSR count). The molecule has 2 aliphatic heterocycles. The molecule has 0 bridgehead atoms. The third kappa shape index (κ3) is 4.21.